The molecule has 0 saturated carbocycles. The van der Waals surface area contributed by atoms with Gasteiger partial charge in [0.2, 0.25) is 5.91 Å². The Labute approximate surface area is 180 Å². The fourth-order valence-corrected chi connectivity index (χ4v) is 4.58. The first kappa shape index (κ1) is 19.4. The van der Waals surface area contributed by atoms with Crippen LogP contribution < -0.4 is 4.74 Å². The van der Waals surface area contributed by atoms with E-state index in [1.165, 1.54) is 12.1 Å². The highest BCUT2D eigenvalue weighted by Gasteiger charge is 2.37. The van der Waals surface area contributed by atoms with E-state index in [1.54, 1.807) is 12.1 Å². The predicted octanol–water partition coefficient (Wildman–Crippen LogP) is 4.75. The molecule has 1 amide bonds. The number of phenolic OH excluding ortho intramolecular Hbond substituents is 1. The fourth-order valence-electron chi connectivity index (χ4n) is 4.58. The number of benzene rings is 3. The number of carbonyl (C=O) groups excluding carboxylic acids is 2. The Morgan fingerprint density at radius 2 is 1.35 bits per heavy atom. The zero-order chi connectivity index (χ0) is 21.4. The van der Waals surface area contributed by atoms with Crippen LogP contribution >= 0.6 is 0 Å². The molecule has 2 aliphatic rings. The van der Waals surface area contributed by atoms with Crippen molar-refractivity contribution in [1.82, 2.24) is 4.90 Å². The Kier molecular flexibility index (Phi) is 4.94. The van der Waals surface area contributed by atoms with Crippen LogP contribution in [0.1, 0.15) is 40.2 Å². The van der Waals surface area contributed by atoms with Gasteiger partial charge in [0.05, 0.1) is 5.92 Å². The van der Waals surface area contributed by atoms with Gasteiger partial charge < -0.3 is 14.7 Å². The highest BCUT2D eigenvalue weighted by atomic mass is 16.5. The molecule has 2 heterocycles. The van der Waals surface area contributed by atoms with Gasteiger partial charge in [-0.3, -0.25) is 9.59 Å². The summed E-state index contributed by atoms with van der Waals surface area (Å²) < 4.78 is 6.02. The van der Waals surface area contributed by atoms with Crippen LogP contribution in [-0.4, -0.2) is 34.8 Å². The number of carbonyl (C=O) groups is 2. The summed E-state index contributed by atoms with van der Waals surface area (Å²) in [7, 11) is 0. The third-order valence-corrected chi connectivity index (χ3v) is 6.26. The Bertz CT molecular complexity index is 1080. The highest BCUT2D eigenvalue weighted by molar-refractivity contribution is 5.98. The van der Waals surface area contributed by atoms with Gasteiger partial charge in [0.15, 0.2) is 5.78 Å². The van der Waals surface area contributed by atoms with Crippen molar-refractivity contribution < 1.29 is 19.4 Å². The number of rotatable bonds is 3. The summed E-state index contributed by atoms with van der Waals surface area (Å²) in [5.41, 5.74) is 2.37. The zero-order valence-electron chi connectivity index (χ0n) is 17.0. The third kappa shape index (κ3) is 3.56. The van der Waals surface area contributed by atoms with Crippen LogP contribution in [0.5, 0.6) is 17.2 Å². The van der Waals surface area contributed by atoms with Crippen molar-refractivity contribution >= 4 is 11.7 Å². The van der Waals surface area contributed by atoms with Gasteiger partial charge in [-0.15, -0.1) is 0 Å². The zero-order valence-corrected chi connectivity index (χ0v) is 17.0. The lowest BCUT2D eigenvalue weighted by Crippen LogP contribution is -2.43. The van der Waals surface area contributed by atoms with Gasteiger partial charge in [-0.05, 0) is 49.2 Å². The number of fused-ring (bicyclic) bond motifs is 2. The minimum atomic E-state index is -0.398. The number of ketones is 1. The predicted molar refractivity (Wildman–Crippen MR) is 117 cm³/mol. The normalized spacial score (nSPS) is 16.2. The molecule has 5 heteroatoms. The summed E-state index contributed by atoms with van der Waals surface area (Å²) in [6, 6.07) is 21.8. The molecule has 3 aromatic carbocycles. The van der Waals surface area contributed by atoms with Crippen molar-refractivity contribution in [3.05, 3.63) is 89.5 Å². The second-order valence-electron chi connectivity index (χ2n) is 8.12. The van der Waals surface area contributed by atoms with Gasteiger partial charge in [-0.1, -0.05) is 36.4 Å². The largest absolute Gasteiger partial charge is 0.508 e. The number of amides is 1. The van der Waals surface area contributed by atoms with E-state index in [0.717, 1.165) is 22.6 Å². The van der Waals surface area contributed by atoms with Crippen molar-refractivity contribution in [3.63, 3.8) is 0 Å². The topological polar surface area (TPSA) is 66.8 Å². The molecule has 5 rings (SSSR count). The lowest BCUT2D eigenvalue weighted by atomic mass is 9.85. The van der Waals surface area contributed by atoms with Crippen LogP contribution in [0.3, 0.4) is 0 Å². The maximum Gasteiger partial charge on any atom is 0.234 e. The molecular weight excluding hydrogens is 390 g/mol. The summed E-state index contributed by atoms with van der Waals surface area (Å²) >= 11 is 0. The van der Waals surface area contributed by atoms with Gasteiger partial charge in [-0.25, -0.2) is 0 Å². The summed E-state index contributed by atoms with van der Waals surface area (Å²) in [5, 5.41) is 9.44. The molecule has 0 bridgehead atoms. The Morgan fingerprint density at radius 1 is 0.806 bits per heavy atom. The van der Waals surface area contributed by atoms with Crippen molar-refractivity contribution in [2.75, 3.05) is 13.1 Å². The minimum Gasteiger partial charge on any atom is -0.508 e. The van der Waals surface area contributed by atoms with E-state index in [2.05, 4.69) is 0 Å². The van der Waals surface area contributed by atoms with Crippen LogP contribution in [0, 0.1) is 5.92 Å². The van der Waals surface area contributed by atoms with E-state index in [-0.39, 0.29) is 23.4 Å². The number of aromatic hydroxyl groups is 1. The van der Waals surface area contributed by atoms with Gasteiger partial charge in [0.25, 0.3) is 0 Å². The smallest absolute Gasteiger partial charge is 0.234 e. The number of hydrogen-bond donors (Lipinski definition) is 1. The van der Waals surface area contributed by atoms with Crippen LogP contribution in [0.2, 0.25) is 0 Å². The Morgan fingerprint density at radius 3 is 1.94 bits per heavy atom. The number of para-hydroxylation sites is 2. The van der Waals surface area contributed by atoms with Crippen LogP contribution in [0.15, 0.2) is 72.8 Å². The van der Waals surface area contributed by atoms with Gasteiger partial charge in [-0.2, -0.15) is 0 Å². The number of Topliss-reactive ketones (excluding diaryl/α,β-unsaturated/α-hetero) is 1. The average molecular weight is 413 g/mol. The Hall–Kier alpha value is -3.60. The van der Waals surface area contributed by atoms with Crippen molar-refractivity contribution in [2.24, 2.45) is 5.92 Å². The van der Waals surface area contributed by atoms with Gasteiger partial charge in [0.1, 0.15) is 17.2 Å². The average Bonchev–Trinajstić information content (AvgIpc) is 2.82. The molecule has 0 radical (unpaired) electrons. The van der Waals surface area contributed by atoms with Crippen molar-refractivity contribution in [3.8, 4) is 17.2 Å². The first-order chi connectivity index (χ1) is 15.1. The van der Waals surface area contributed by atoms with Crippen molar-refractivity contribution in [1.29, 1.82) is 0 Å². The lowest BCUT2D eigenvalue weighted by Gasteiger charge is -2.36. The Balaban J connectivity index is 1.34. The van der Waals surface area contributed by atoms with E-state index in [0.29, 0.717) is 31.5 Å². The number of nitrogens with zero attached hydrogens (tertiary/aromatic N) is 1. The number of hydrogen-bond acceptors (Lipinski definition) is 4. The van der Waals surface area contributed by atoms with E-state index in [4.69, 9.17) is 4.74 Å². The minimum absolute atomic E-state index is 0.0544. The molecule has 0 aliphatic carbocycles. The molecule has 0 spiro atoms. The molecule has 5 nitrogen and oxygen atoms in total. The summed E-state index contributed by atoms with van der Waals surface area (Å²) in [6.07, 6.45) is 1.27. The maximum atomic E-state index is 13.6. The van der Waals surface area contributed by atoms with Crippen molar-refractivity contribution in [2.45, 2.75) is 18.8 Å². The molecule has 0 atom stereocenters. The third-order valence-electron chi connectivity index (χ3n) is 6.26. The fraction of sp³-hybridized carbons (Fsp3) is 0.231. The second-order valence-corrected chi connectivity index (χ2v) is 8.12. The number of piperidine rings is 1. The molecule has 0 unspecified atom stereocenters. The first-order valence-electron chi connectivity index (χ1n) is 10.6. The van der Waals surface area contributed by atoms with Crippen LogP contribution in [-0.2, 0) is 4.79 Å². The molecule has 156 valence electrons. The summed E-state index contributed by atoms with van der Waals surface area (Å²) in [4.78, 5) is 28.3. The summed E-state index contributed by atoms with van der Waals surface area (Å²) in [5.74, 6) is 1.21. The van der Waals surface area contributed by atoms with E-state index >= 15 is 0 Å². The van der Waals surface area contributed by atoms with Gasteiger partial charge >= 0.3 is 0 Å². The number of phenols is 1. The molecule has 2 aliphatic heterocycles. The van der Waals surface area contributed by atoms with E-state index in [1.807, 2.05) is 53.4 Å². The monoisotopic (exact) mass is 413 g/mol. The standard InChI is InChI=1S/C26H23NO4/c28-19-11-9-17(10-12-19)25(29)18-13-15-27(16-14-18)26(30)24-20-5-1-3-7-22(20)31-23-8-4-2-6-21(23)24/h1-12,18,24,28H,13-16H2. The lowest BCUT2D eigenvalue weighted by molar-refractivity contribution is -0.133. The molecule has 3 aromatic rings. The molecule has 1 N–H and O–H groups in total. The molecule has 1 saturated heterocycles. The first-order valence-corrected chi connectivity index (χ1v) is 10.6. The van der Waals surface area contributed by atoms with Crippen LogP contribution in [0.4, 0.5) is 0 Å². The van der Waals surface area contributed by atoms with Crippen LogP contribution in [0.25, 0.3) is 0 Å². The molecule has 0 aromatic heterocycles. The number of ether oxygens (including phenoxy) is 1. The SMILES string of the molecule is O=C(c1ccc(O)cc1)C1CCN(C(=O)C2c3ccccc3Oc3ccccc32)CC1. The number of likely N-dealkylation sites (tertiary alicyclic amines) is 1. The van der Waals surface area contributed by atoms with E-state index < -0.39 is 5.92 Å². The van der Waals surface area contributed by atoms with Gasteiger partial charge in [0, 0.05) is 35.7 Å². The maximum absolute atomic E-state index is 13.6. The van der Waals surface area contributed by atoms with E-state index in [9.17, 15) is 14.7 Å². The molecular formula is C26H23NO4. The molecule has 31 heavy (non-hydrogen) atoms. The molecule has 1 fully saturated rings. The second kappa shape index (κ2) is 7.91. The quantitative estimate of drug-likeness (QED) is 0.629. The highest BCUT2D eigenvalue weighted by Crippen LogP contribution is 2.45. The summed E-state index contributed by atoms with van der Waals surface area (Å²) in [6.45, 7) is 1.10.